The number of amides is 1. The van der Waals surface area contributed by atoms with Gasteiger partial charge in [0.25, 0.3) is 5.91 Å². The van der Waals surface area contributed by atoms with Crippen molar-refractivity contribution in [3.8, 4) is 0 Å². The number of pyridine rings is 1. The predicted octanol–water partition coefficient (Wildman–Crippen LogP) is 2.03. The summed E-state index contributed by atoms with van der Waals surface area (Å²) < 4.78 is 4.94. The van der Waals surface area contributed by atoms with Gasteiger partial charge in [0.1, 0.15) is 5.00 Å². The minimum Gasteiger partial charge on any atom is -0.462 e. The van der Waals surface area contributed by atoms with Gasteiger partial charge in [-0.05, 0) is 30.5 Å². The number of nitrogens with one attached hydrogen (secondary N) is 1. The number of thiophene rings is 1. The van der Waals surface area contributed by atoms with Gasteiger partial charge in [-0.2, -0.15) is 0 Å². The molecule has 0 aliphatic carbocycles. The molecule has 0 bridgehead atoms. The zero-order chi connectivity index (χ0) is 15.2. The normalized spacial score (nSPS) is 10.2. The molecular formula is C14H15N3O3S. The van der Waals surface area contributed by atoms with Crippen LogP contribution in [-0.2, 0) is 11.3 Å². The second kappa shape index (κ2) is 6.96. The van der Waals surface area contributed by atoms with E-state index in [1.165, 1.54) is 17.5 Å². The number of hydrogen-bond acceptors (Lipinski definition) is 6. The molecule has 2 aromatic rings. The fraction of sp³-hybridized carbons (Fsp3) is 0.214. The van der Waals surface area contributed by atoms with Crippen LogP contribution in [-0.4, -0.2) is 23.5 Å². The summed E-state index contributed by atoms with van der Waals surface area (Å²) >= 11 is 1.26. The molecule has 21 heavy (non-hydrogen) atoms. The van der Waals surface area contributed by atoms with Crippen LogP contribution in [0.4, 0.5) is 5.00 Å². The van der Waals surface area contributed by atoms with Crippen LogP contribution in [0.25, 0.3) is 0 Å². The molecule has 2 heterocycles. The third-order valence-corrected chi connectivity index (χ3v) is 3.51. The lowest BCUT2D eigenvalue weighted by molar-refractivity contribution is 0.0528. The Bertz CT molecular complexity index is 654. The molecule has 0 aliphatic rings. The van der Waals surface area contributed by atoms with Crippen LogP contribution in [0.15, 0.2) is 29.8 Å². The summed E-state index contributed by atoms with van der Waals surface area (Å²) in [6.45, 7) is 2.27. The Hall–Kier alpha value is -2.25. The van der Waals surface area contributed by atoms with E-state index in [-0.39, 0.29) is 19.1 Å². The van der Waals surface area contributed by atoms with Crippen LogP contribution >= 0.6 is 11.3 Å². The van der Waals surface area contributed by atoms with E-state index in [0.29, 0.717) is 21.8 Å². The average Bonchev–Trinajstić information content (AvgIpc) is 2.95. The monoisotopic (exact) mass is 305 g/mol. The molecule has 0 unspecified atom stereocenters. The van der Waals surface area contributed by atoms with Gasteiger partial charge in [0.2, 0.25) is 0 Å². The van der Waals surface area contributed by atoms with E-state index in [1.54, 1.807) is 30.5 Å². The number of nitrogens with two attached hydrogens (primary N) is 1. The van der Waals surface area contributed by atoms with Crippen molar-refractivity contribution in [1.29, 1.82) is 0 Å². The predicted molar refractivity (Wildman–Crippen MR) is 80.4 cm³/mol. The van der Waals surface area contributed by atoms with Crippen molar-refractivity contribution in [2.45, 2.75) is 13.5 Å². The summed E-state index contributed by atoms with van der Waals surface area (Å²) in [4.78, 5) is 28.0. The van der Waals surface area contributed by atoms with E-state index in [2.05, 4.69) is 10.3 Å². The number of ether oxygens (including phenoxy) is 1. The van der Waals surface area contributed by atoms with Gasteiger partial charge in [0, 0.05) is 18.3 Å². The zero-order valence-electron chi connectivity index (χ0n) is 11.5. The Kier molecular flexibility index (Phi) is 5.02. The SMILES string of the molecule is CCOC(=O)c1ccsc1NC(=O)c1ccnc(CN)c1. The molecule has 0 spiro atoms. The van der Waals surface area contributed by atoms with Gasteiger partial charge in [0.15, 0.2) is 0 Å². The average molecular weight is 305 g/mol. The van der Waals surface area contributed by atoms with Gasteiger partial charge >= 0.3 is 5.97 Å². The van der Waals surface area contributed by atoms with Crippen LogP contribution in [0.3, 0.4) is 0 Å². The zero-order valence-corrected chi connectivity index (χ0v) is 12.3. The van der Waals surface area contributed by atoms with Crippen molar-refractivity contribution in [3.63, 3.8) is 0 Å². The maximum atomic E-state index is 12.2. The molecule has 3 N–H and O–H groups in total. The summed E-state index contributed by atoms with van der Waals surface area (Å²) in [7, 11) is 0. The molecule has 0 fully saturated rings. The summed E-state index contributed by atoms with van der Waals surface area (Å²) in [5.41, 5.74) is 6.91. The van der Waals surface area contributed by atoms with Gasteiger partial charge in [-0.25, -0.2) is 4.79 Å². The van der Waals surface area contributed by atoms with E-state index in [4.69, 9.17) is 10.5 Å². The molecule has 0 saturated heterocycles. The second-order valence-electron chi connectivity index (χ2n) is 4.08. The van der Waals surface area contributed by atoms with Crippen molar-refractivity contribution < 1.29 is 14.3 Å². The highest BCUT2D eigenvalue weighted by atomic mass is 32.1. The van der Waals surface area contributed by atoms with Gasteiger partial charge < -0.3 is 15.8 Å². The van der Waals surface area contributed by atoms with Gasteiger partial charge in [-0.1, -0.05) is 0 Å². The van der Waals surface area contributed by atoms with E-state index in [9.17, 15) is 9.59 Å². The molecule has 2 rings (SSSR count). The number of aromatic nitrogens is 1. The Morgan fingerprint density at radius 1 is 1.43 bits per heavy atom. The number of rotatable bonds is 5. The standard InChI is InChI=1S/C14H15N3O3S/c1-2-20-14(19)11-4-6-21-13(11)17-12(18)9-3-5-16-10(7-9)8-15/h3-7H,2,8,15H2,1H3,(H,17,18). The number of carbonyl (C=O) groups excluding carboxylic acids is 2. The number of esters is 1. The molecule has 0 radical (unpaired) electrons. The van der Waals surface area contributed by atoms with E-state index < -0.39 is 5.97 Å². The first-order valence-corrected chi connectivity index (χ1v) is 7.24. The van der Waals surface area contributed by atoms with Gasteiger partial charge in [-0.15, -0.1) is 11.3 Å². The molecule has 7 heteroatoms. The first kappa shape index (κ1) is 15.1. The number of anilines is 1. The summed E-state index contributed by atoms with van der Waals surface area (Å²) in [5.74, 6) is -0.772. The molecule has 0 aromatic carbocycles. The van der Waals surface area contributed by atoms with E-state index in [1.807, 2.05) is 0 Å². The third kappa shape index (κ3) is 3.65. The van der Waals surface area contributed by atoms with Crippen LogP contribution in [0.5, 0.6) is 0 Å². The van der Waals surface area contributed by atoms with Crippen LogP contribution in [0, 0.1) is 0 Å². The highest BCUT2D eigenvalue weighted by molar-refractivity contribution is 7.14. The Labute approximate surface area is 125 Å². The summed E-state index contributed by atoms with van der Waals surface area (Å²) in [6.07, 6.45) is 1.53. The molecule has 0 saturated carbocycles. The fourth-order valence-electron chi connectivity index (χ4n) is 1.68. The second-order valence-corrected chi connectivity index (χ2v) is 4.99. The Morgan fingerprint density at radius 3 is 2.95 bits per heavy atom. The van der Waals surface area contributed by atoms with Gasteiger partial charge in [0.05, 0.1) is 17.9 Å². The molecule has 2 aromatic heterocycles. The quantitative estimate of drug-likeness (QED) is 0.824. The number of hydrogen-bond donors (Lipinski definition) is 2. The van der Waals surface area contributed by atoms with Crippen LogP contribution in [0.2, 0.25) is 0 Å². The highest BCUT2D eigenvalue weighted by Crippen LogP contribution is 2.24. The molecule has 110 valence electrons. The topological polar surface area (TPSA) is 94.3 Å². The molecule has 0 aliphatic heterocycles. The lowest BCUT2D eigenvalue weighted by Crippen LogP contribution is -2.15. The smallest absolute Gasteiger partial charge is 0.341 e. The highest BCUT2D eigenvalue weighted by Gasteiger charge is 2.16. The molecule has 0 atom stereocenters. The first-order chi connectivity index (χ1) is 10.2. The Morgan fingerprint density at radius 2 is 2.24 bits per heavy atom. The van der Waals surface area contributed by atoms with Crippen LogP contribution in [0.1, 0.15) is 33.3 Å². The van der Waals surface area contributed by atoms with Crippen molar-refractivity contribution >= 4 is 28.2 Å². The third-order valence-electron chi connectivity index (χ3n) is 2.68. The Balaban J connectivity index is 2.16. The van der Waals surface area contributed by atoms with E-state index >= 15 is 0 Å². The van der Waals surface area contributed by atoms with Gasteiger partial charge in [-0.3, -0.25) is 9.78 Å². The minimum absolute atomic E-state index is 0.258. The van der Waals surface area contributed by atoms with Crippen molar-refractivity contribution in [2.75, 3.05) is 11.9 Å². The molecular weight excluding hydrogens is 290 g/mol. The van der Waals surface area contributed by atoms with Crippen molar-refractivity contribution in [2.24, 2.45) is 5.73 Å². The summed E-state index contributed by atoms with van der Waals surface area (Å²) in [5, 5.41) is 4.89. The fourth-order valence-corrected chi connectivity index (χ4v) is 2.45. The summed E-state index contributed by atoms with van der Waals surface area (Å²) in [6, 6.07) is 4.83. The lowest BCUT2D eigenvalue weighted by Gasteiger charge is -2.06. The minimum atomic E-state index is -0.452. The number of carbonyl (C=O) groups is 2. The molecule has 1 amide bonds. The van der Waals surface area contributed by atoms with Crippen LogP contribution < -0.4 is 11.1 Å². The number of nitrogens with zero attached hydrogens (tertiary/aromatic N) is 1. The van der Waals surface area contributed by atoms with Crippen molar-refractivity contribution in [1.82, 2.24) is 4.98 Å². The first-order valence-electron chi connectivity index (χ1n) is 6.36. The lowest BCUT2D eigenvalue weighted by atomic mass is 10.2. The maximum Gasteiger partial charge on any atom is 0.341 e. The van der Waals surface area contributed by atoms with E-state index in [0.717, 1.165) is 0 Å². The maximum absolute atomic E-state index is 12.2. The molecule has 6 nitrogen and oxygen atoms in total. The van der Waals surface area contributed by atoms with Crippen molar-refractivity contribution in [3.05, 3.63) is 46.6 Å². The largest absolute Gasteiger partial charge is 0.462 e.